The van der Waals surface area contributed by atoms with Crippen LogP contribution in [0.2, 0.25) is 0 Å². The molecule has 0 unspecified atom stereocenters. The first-order chi connectivity index (χ1) is 11.2. The zero-order chi connectivity index (χ0) is 16.5. The molecular weight excluding hydrogens is 433 g/mol. The van der Waals surface area contributed by atoms with Crippen LogP contribution in [0.25, 0.3) is 0 Å². The molecule has 0 saturated heterocycles. The number of aliphatic imine (C=N–C) groups is 1. The predicted octanol–water partition coefficient (Wildman–Crippen LogP) is 4.23. The third-order valence-electron chi connectivity index (χ3n) is 3.46. The summed E-state index contributed by atoms with van der Waals surface area (Å²) < 4.78 is 5.90. The topological polar surface area (TPSA) is 45.7 Å². The number of guanidine groups is 1. The molecule has 0 aliphatic heterocycles. The Hall–Kier alpha value is -1.28. The van der Waals surface area contributed by atoms with Crippen molar-refractivity contribution in [2.75, 3.05) is 20.2 Å². The van der Waals surface area contributed by atoms with Crippen LogP contribution >= 0.6 is 35.3 Å². The van der Waals surface area contributed by atoms with E-state index in [9.17, 15) is 0 Å². The summed E-state index contributed by atoms with van der Waals surface area (Å²) >= 11 is 1.70. The average molecular weight is 459 g/mol. The molecule has 2 N–H and O–H groups in total. The number of hydrogen-bond acceptors (Lipinski definition) is 3. The van der Waals surface area contributed by atoms with Gasteiger partial charge in [-0.05, 0) is 39.9 Å². The molecule has 4 nitrogen and oxygen atoms in total. The molecule has 24 heavy (non-hydrogen) atoms. The van der Waals surface area contributed by atoms with Crippen molar-refractivity contribution in [2.45, 2.75) is 26.3 Å². The molecule has 0 saturated carbocycles. The van der Waals surface area contributed by atoms with E-state index >= 15 is 0 Å². The van der Waals surface area contributed by atoms with Crippen molar-refractivity contribution < 1.29 is 4.74 Å². The Morgan fingerprint density at radius 1 is 1.21 bits per heavy atom. The largest absolute Gasteiger partial charge is 0.491 e. The number of nitrogens with zero attached hydrogens (tertiary/aromatic N) is 1. The first-order valence-electron chi connectivity index (χ1n) is 7.88. The molecule has 0 bridgehead atoms. The van der Waals surface area contributed by atoms with Gasteiger partial charge in [-0.3, -0.25) is 4.99 Å². The van der Waals surface area contributed by atoms with E-state index in [1.54, 1.807) is 18.4 Å². The molecule has 0 amide bonds. The number of rotatable bonds is 7. The fourth-order valence-electron chi connectivity index (χ4n) is 2.22. The first-order valence-corrected chi connectivity index (χ1v) is 8.82. The molecule has 2 aromatic rings. The minimum absolute atomic E-state index is 0. The number of halogens is 1. The van der Waals surface area contributed by atoms with Crippen LogP contribution in [-0.4, -0.2) is 26.2 Å². The van der Waals surface area contributed by atoms with Gasteiger partial charge in [-0.1, -0.05) is 32.0 Å². The number of para-hydroxylation sites is 1. The van der Waals surface area contributed by atoms with Crippen molar-refractivity contribution in [3.63, 3.8) is 0 Å². The van der Waals surface area contributed by atoms with Crippen LogP contribution in [0.1, 0.15) is 30.9 Å². The van der Waals surface area contributed by atoms with E-state index in [4.69, 9.17) is 4.74 Å². The summed E-state index contributed by atoms with van der Waals surface area (Å²) in [7, 11) is 1.78. The first kappa shape index (κ1) is 20.8. The van der Waals surface area contributed by atoms with E-state index in [2.05, 4.69) is 58.4 Å². The second kappa shape index (κ2) is 11.3. The third kappa shape index (κ3) is 6.68. The van der Waals surface area contributed by atoms with Crippen LogP contribution in [0.3, 0.4) is 0 Å². The van der Waals surface area contributed by atoms with Gasteiger partial charge in [0, 0.05) is 13.6 Å². The molecule has 0 radical (unpaired) electrons. The minimum atomic E-state index is 0. The Labute approximate surface area is 165 Å². The summed E-state index contributed by atoms with van der Waals surface area (Å²) in [5, 5.41) is 10.8. The highest BCUT2D eigenvalue weighted by molar-refractivity contribution is 14.0. The Morgan fingerprint density at radius 2 is 2.00 bits per heavy atom. The lowest BCUT2D eigenvalue weighted by Gasteiger charge is -2.15. The fourth-order valence-corrected chi connectivity index (χ4v) is 2.89. The van der Waals surface area contributed by atoms with E-state index < -0.39 is 0 Å². The molecule has 0 spiro atoms. The number of thiophene rings is 1. The summed E-state index contributed by atoms with van der Waals surface area (Å²) in [6.45, 7) is 6.44. The fraction of sp³-hybridized carbons (Fsp3) is 0.389. The Kier molecular flexibility index (Phi) is 9.78. The lowest BCUT2D eigenvalue weighted by Crippen LogP contribution is -2.38. The van der Waals surface area contributed by atoms with Gasteiger partial charge in [0.2, 0.25) is 0 Å². The van der Waals surface area contributed by atoms with Crippen molar-refractivity contribution in [1.29, 1.82) is 0 Å². The summed E-state index contributed by atoms with van der Waals surface area (Å²) in [6, 6.07) is 10.3. The molecule has 6 heteroatoms. The minimum Gasteiger partial charge on any atom is -0.491 e. The molecule has 0 aliphatic carbocycles. The highest BCUT2D eigenvalue weighted by atomic mass is 127. The van der Waals surface area contributed by atoms with Gasteiger partial charge in [0.25, 0.3) is 0 Å². The number of benzene rings is 1. The van der Waals surface area contributed by atoms with Crippen LogP contribution in [0.5, 0.6) is 5.75 Å². The molecule has 1 aromatic heterocycles. The molecule has 132 valence electrons. The normalized spacial score (nSPS) is 11.1. The van der Waals surface area contributed by atoms with Crippen LogP contribution in [-0.2, 0) is 6.54 Å². The molecule has 2 rings (SSSR count). The highest BCUT2D eigenvalue weighted by Gasteiger charge is 2.06. The van der Waals surface area contributed by atoms with E-state index in [0.717, 1.165) is 18.3 Å². The molecule has 0 aliphatic rings. The Balaban J connectivity index is 0.00000288. The van der Waals surface area contributed by atoms with Gasteiger partial charge in [-0.25, -0.2) is 0 Å². The third-order valence-corrected chi connectivity index (χ3v) is 4.19. The van der Waals surface area contributed by atoms with Crippen LogP contribution in [0.4, 0.5) is 0 Å². The Bertz CT molecular complexity index is 614. The van der Waals surface area contributed by atoms with Crippen molar-refractivity contribution in [3.05, 3.63) is 52.2 Å². The average Bonchev–Trinajstić information content (AvgIpc) is 3.08. The van der Waals surface area contributed by atoms with E-state index in [1.165, 1.54) is 11.1 Å². The number of hydrogen-bond donors (Lipinski definition) is 2. The van der Waals surface area contributed by atoms with Crippen LogP contribution in [0.15, 0.2) is 46.1 Å². The maximum atomic E-state index is 5.90. The van der Waals surface area contributed by atoms with Crippen molar-refractivity contribution in [1.82, 2.24) is 10.6 Å². The summed E-state index contributed by atoms with van der Waals surface area (Å²) in [5.41, 5.74) is 2.51. The van der Waals surface area contributed by atoms with Crippen LogP contribution < -0.4 is 15.4 Å². The van der Waals surface area contributed by atoms with Gasteiger partial charge in [0.15, 0.2) is 5.96 Å². The molecule has 1 aromatic carbocycles. The lowest BCUT2D eigenvalue weighted by molar-refractivity contribution is 0.317. The summed E-state index contributed by atoms with van der Waals surface area (Å²) in [4.78, 5) is 4.22. The monoisotopic (exact) mass is 459 g/mol. The van der Waals surface area contributed by atoms with E-state index in [1.807, 2.05) is 12.1 Å². The second-order valence-corrected chi connectivity index (χ2v) is 6.31. The van der Waals surface area contributed by atoms with E-state index in [0.29, 0.717) is 19.1 Å². The standard InChI is InChI=1S/C18H25N3OS.HI/c1-14(2)16-6-4-5-7-17(16)22-10-9-20-18(19-3)21-12-15-8-11-23-13-15;/h4-8,11,13-14H,9-10,12H2,1-3H3,(H2,19,20,21);1H. The number of nitrogens with one attached hydrogen (secondary N) is 2. The van der Waals surface area contributed by atoms with Crippen molar-refractivity contribution in [3.8, 4) is 5.75 Å². The second-order valence-electron chi connectivity index (χ2n) is 5.53. The summed E-state index contributed by atoms with van der Waals surface area (Å²) in [5.74, 6) is 2.21. The number of ether oxygens (including phenoxy) is 1. The van der Waals surface area contributed by atoms with Crippen molar-refractivity contribution in [2.24, 2.45) is 4.99 Å². The predicted molar refractivity (Wildman–Crippen MR) is 114 cm³/mol. The summed E-state index contributed by atoms with van der Waals surface area (Å²) in [6.07, 6.45) is 0. The zero-order valence-electron chi connectivity index (χ0n) is 14.4. The molecule has 1 heterocycles. The SMILES string of the molecule is CN=C(NCCOc1ccccc1C(C)C)NCc1ccsc1.I. The van der Waals surface area contributed by atoms with E-state index in [-0.39, 0.29) is 24.0 Å². The quantitative estimate of drug-likeness (QED) is 0.282. The van der Waals surface area contributed by atoms with Crippen molar-refractivity contribution >= 4 is 41.3 Å². The van der Waals surface area contributed by atoms with Gasteiger partial charge in [-0.2, -0.15) is 11.3 Å². The maximum absolute atomic E-state index is 5.90. The Morgan fingerprint density at radius 3 is 2.67 bits per heavy atom. The smallest absolute Gasteiger partial charge is 0.191 e. The van der Waals surface area contributed by atoms with Gasteiger partial charge >= 0.3 is 0 Å². The van der Waals surface area contributed by atoms with Gasteiger partial charge in [0.05, 0.1) is 6.54 Å². The van der Waals surface area contributed by atoms with Crippen LogP contribution in [0, 0.1) is 0 Å². The maximum Gasteiger partial charge on any atom is 0.191 e. The molecule has 0 atom stereocenters. The zero-order valence-corrected chi connectivity index (χ0v) is 17.6. The lowest BCUT2D eigenvalue weighted by atomic mass is 10.0. The molecular formula is C18H26IN3OS. The van der Waals surface area contributed by atoms with Gasteiger partial charge in [0.1, 0.15) is 12.4 Å². The highest BCUT2D eigenvalue weighted by Crippen LogP contribution is 2.25. The van der Waals surface area contributed by atoms with Gasteiger partial charge in [-0.15, -0.1) is 24.0 Å². The molecule has 0 fully saturated rings. The van der Waals surface area contributed by atoms with Gasteiger partial charge < -0.3 is 15.4 Å².